The Bertz CT molecular complexity index is 754. The van der Waals surface area contributed by atoms with Crippen LogP contribution in [-0.4, -0.2) is 19.7 Å². The van der Waals surface area contributed by atoms with Crippen LogP contribution in [0.15, 0.2) is 43.0 Å². The van der Waals surface area contributed by atoms with Crippen molar-refractivity contribution < 1.29 is 9.50 Å². The largest absolute Gasteiger partial charge is 0.388 e. The van der Waals surface area contributed by atoms with Crippen molar-refractivity contribution in [1.29, 1.82) is 0 Å². The molecule has 0 fully saturated rings. The molecule has 1 N–H and O–H groups in total. The molecule has 1 unspecified atom stereocenters. The molecule has 5 heteroatoms. The molecule has 0 bridgehead atoms. The average molecular weight is 271 g/mol. The van der Waals surface area contributed by atoms with Gasteiger partial charge >= 0.3 is 0 Å². The van der Waals surface area contributed by atoms with E-state index >= 15 is 0 Å². The molecular weight excluding hydrogens is 257 g/mol. The molecule has 2 heterocycles. The van der Waals surface area contributed by atoms with Crippen molar-refractivity contribution in [3.05, 3.63) is 65.5 Å². The summed E-state index contributed by atoms with van der Waals surface area (Å²) in [6.07, 6.45) is 6.40. The van der Waals surface area contributed by atoms with Crippen LogP contribution in [0.3, 0.4) is 0 Å². The lowest BCUT2D eigenvalue weighted by molar-refractivity contribution is 0.179. The van der Waals surface area contributed by atoms with Crippen LogP contribution in [0.4, 0.5) is 4.39 Å². The normalized spacial score (nSPS) is 12.8. The number of halogens is 1. The summed E-state index contributed by atoms with van der Waals surface area (Å²) in [5.74, 6) is -0.263. The van der Waals surface area contributed by atoms with Crippen molar-refractivity contribution in [2.45, 2.75) is 19.4 Å². The summed E-state index contributed by atoms with van der Waals surface area (Å²) in [6.45, 7) is 1.84. The van der Waals surface area contributed by atoms with E-state index < -0.39 is 6.10 Å². The maximum atomic E-state index is 13.1. The van der Waals surface area contributed by atoms with Crippen molar-refractivity contribution >= 4 is 5.52 Å². The molecule has 0 radical (unpaired) electrons. The Balaban J connectivity index is 1.91. The van der Waals surface area contributed by atoms with Gasteiger partial charge in [-0.2, -0.15) is 5.10 Å². The number of aliphatic hydroxyl groups excluding tert-OH is 1. The zero-order valence-corrected chi connectivity index (χ0v) is 11.0. The van der Waals surface area contributed by atoms with Crippen LogP contribution >= 0.6 is 0 Å². The highest BCUT2D eigenvalue weighted by atomic mass is 19.1. The molecular formula is C15H14FN3O. The predicted molar refractivity (Wildman–Crippen MR) is 72.8 cm³/mol. The number of aliphatic hydroxyl groups is 1. The molecule has 2 aromatic heterocycles. The van der Waals surface area contributed by atoms with Gasteiger partial charge in [0.25, 0.3) is 0 Å². The van der Waals surface area contributed by atoms with Crippen LogP contribution in [0, 0.1) is 12.7 Å². The highest BCUT2D eigenvalue weighted by molar-refractivity contribution is 5.53. The van der Waals surface area contributed by atoms with Crippen LogP contribution in [-0.2, 0) is 6.42 Å². The third kappa shape index (κ3) is 2.28. The first-order chi connectivity index (χ1) is 9.65. The number of aromatic nitrogens is 3. The number of fused-ring (bicyclic) bond motifs is 1. The summed E-state index contributed by atoms with van der Waals surface area (Å²) in [4.78, 5) is 4.04. The number of benzene rings is 1. The SMILES string of the molecule is Cc1cc(F)ccc1CC(O)c1cnn2ccncc12. The van der Waals surface area contributed by atoms with Crippen molar-refractivity contribution in [1.82, 2.24) is 14.6 Å². The molecule has 20 heavy (non-hydrogen) atoms. The van der Waals surface area contributed by atoms with Crippen molar-refractivity contribution in [2.24, 2.45) is 0 Å². The summed E-state index contributed by atoms with van der Waals surface area (Å²) < 4.78 is 14.8. The smallest absolute Gasteiger partial charge is 0.123 e. The minimum Gasteiger partial charge on any atom is -0.388 e. The lowest BCUT2D eigenvalue weighted by Crippen LogP contribution is -2.03. The molecule has 0 aliphatic carbocycles. The summed E-state index contributed by atoms with van der Waals surface area (Å²) in [5, 5.41) is 14.6. The van der Waals surface area contributed by atoms with E-state index in [1.54, 1.807) is 35.4 Å². The molecule has 3 aromatic rings. The summed E-state index contributed by atoms with van der Waals surface area (Å²) in [6, 6.07) is 4.59. The van der Waals surface area contributed by atoms with Gasteiger partial charge < -0.3 is 5.11 Å². The second kappa shape index (κ2) is 5.02. The average Bonchev–Trinajstić information content (AvgIpc) is 2.86. The molecule has 102 valence electrons. The molecule has 0 amide bonds. The zero-order chi connectivity index (χ0) is 14.1. The summed E-state index contributed by atoms with van der Waals surface area (Å²) >= 11 is 0. The Morgan fingerprint density at radius 1 is 1.35 bits per heavy atom. The topological polar surface area (TPSA) is 50.4 Å². The Kier molecular flexibility index (Phi) is 3.20. The van der Waals surface area contributed by atoms with Crippen molar-refractivity contribution in [2.75, 3.05) is 0 Å². The van der Waals surface area contributed by atoms with Gasteiger partial charge in [-0.1, -0.05) is 6.07 Å². The quantitative estimate of drug-likeness (QED) is 0.796. The fraction of sp³-hybridized carbons (Fsp3) is 0.200. The first-order valence-electron chi connectivity index (χ1n) is 6.35. The van der Waals surface area contributed by atoms with E-state index in [9.17, 15) is 9.50 Å². The molecule has 3 rings (SSSR count). The minimum atomic E-state index is -0.694. The third-order valence-corrected chi connectivity index (χ3v) is 3.43. The van der Waals surface area contributed by atoms with Gasteiger partial charge in [0.05, 0.1) is 24.0 Å². The molecule has 0 aliphatic heterocycles. The number of hydrogen-bond donors (Lipinski definition) is 1. The fourth-order valence-corrected chi connectivity index (χ4v) is 2.32. The lowest BCUT2D eigenvalue weighted by Gasteiger charge is -2.11. The molecule has 1 aromatic carbocycles. The molecule has 1 atom stereocenters. The third-order valence-electron chi connectivity index (χ3n) is 3.43. The number of nitrogens with zero attached hydrogens (tertiary/aromatic N) is 3. The van der Waals surface area contributed by atoms with Gasteiger partial charge in [0.2, 0.25) is 0 Å². The second-order valence-electron chi connectivity index (χ2n) is 4.80. The van der Waals surface area contributed by atoms with Gasteiger partial charge in [-0.05, 0) is 30.2 Å². The zero-order valence-electron chi connectivity index (χ0n) is 11.0. The molecule has 0 saturated heterocycles. The van der Waals surface area contributed by atoms with E-state index in [2.05, 4.69) is 10.1 Å². The van der Waals surface area contributed by atoms with E-state index in [-0.39, 0.29) is 5.82 Å². The van der Waals surface area contributed by atoms with Crippen molar-refractivity contribution in [3.63, 3.8) is 0 Å². The summed E-state index contributed by atoms with van der Waals surface area (Å²) in [5.41, 5.74) is 3.25. The van der Waals surface area contributed by atoms with Crippen molar-refractivity contribution in [3.8, 4) is 0 Å². The van der Waals surface area contributed by atoms with Crippen LogP contribution in [0.25, 0.3) is 5.52 Å². The van der Waals surface area contributed by atoms with Gasteiger partial charge in [0.1, 0.15) is 5.82 Å². The molecule has 4 nitrogen and oxygen atoms in total. The van der Waals surface area contributed by atoms with Gasteiger partial charge in [-0.3, -0.25) is 4.98 Å². The monoisotopic (exact) mass is 271 g/mol. The molecule has 0 spiro atoms. The van der Waals surface area contributed by atoms with E-state index in [4.69, 9.17) is 0 Å². The Morgan fingerprint density at radius 3 is 3.00 bits per heavy atom. The summed E-state index contributed by atoms with van der Waals surface area (Å²) in [7, 11) is 0. The van der Waals surface area contributed by atoms with E-state index in [1.165, 1.54) is 12.1 Å². The number of hydrogen-bond acceptors (Lipinski definition) is 3. The first kappa shape index (κ1) is 12.7. The van der Waals surface area contributed by atoms with E-state index in [1.807, 2.05) is 6.92 Å². The molecule has 0 saturated carbocycles. The van der Waals surface area contributed by atoms with Crippen LogP contribution in [0.1, 0.15) is 22.8 Å². The lowest BCUT2D eigenvalue weighted by atomic mass is 9.99. The molecule has 0 aliphatic rings. The maximum absolute atomic E-state index is 13.1. The van der Waals surface area contributed by atoms with Gasteiger partial charge in [0.15, 0.2) is 0 Å². The van der Waals surface area contributed by atoms with Crippen LogP contribution in [0.5, 0.6) is 0 Å². The maximum Gasteiger partial charge on any atom is 0.123 e. The number of rotatable bonds is 3. The number of aryl methyl sites for hydroxylation is 1. The van der Waals surface area contributed by atoms with Gasteiger partial charge in [-0.25, -0.2) is 8.91 Å². The Hall–Kier alpha value is -2.27. The second-order valence-corrected chi connectivity index (χ2v) is 4.80. The standard InChI is InChI=1S/C15H14FN3O/c1-10-6-12(16)3-2-11(10)7-15(20)13-8-18-19-5-4-17-9-14(13)19/h2-6,8-9,15,20H,7H2,1H3. The highest BCUT2D eigenvalue weighted by Crippen LogP contribution is 2.23. The van der Waals surface area contributed by atoms with Crippen LogP contribution in [0.2, 0.25) is 0 Å². The minimum absolute atomic E-state index is 0.263. The Morgan fingerprint density at radius 2 is 2.20 bits per heavy atom. The van der Waals surface area contributed by atoms with Gasteiger partial charge in [-0.15, -0.1) is 0 Å². The van der Waals surface area contributed by atoms with Crippen LogP contribution < -0.4 is 0 Å². The highest BCUT2D eigenvalue weighted by Gasteiger charge is 2.15. The van der Waals surface area contributed by atoms with E-state index in [0.717, 1.165) is 22.2 Å². The predicted octanol–water partition coefficient (Wildman–Crippen LogP) is 2.45. The van der Waals surface area contributed by atoms with E-state index in [0.29, 0.717) is 6.42 Å². The fourth-order valence-electron chi connectivity index (χ4n) is 2.32. The first-order valence-corrected chi connectivity index (χ1v) is 6.35. The Labute approximate surface area is 115 Å². The van der Waals surface area contributed by atoms with Gasteiger partial charge in [0, 0.05) is 24.4 Å².